The minimum absolute atomic E-state index is 0.0782. The topological polar surface area (TPSA) is 51.2 Å². The van der Waals surface area contributed by atoms with Gasteiger partial charge in [0.15, 0.2) is 17.3 Å². The largest absolute Gasteiger partial charge is 0.298 e. The van der Waals surface area contributed by atoms with E-state index in [0.29, 0.717) is 12.8 Å². The van der Waals surface area contributed by atoms with Crippen LogP contribution in [0.5, 0.6) is 0 Å². The monoisotopic (exact) mass is 332 g/mol. The summed E-state index contributed by atoms with van der Waals surface area (Å²) >= 11 is 1.83. The number of ketones is 3. The van der Waals surface area contributed by atoms with Crippen LogP contribution in [-0.4, -0.2) is 23.1 Å². The van der Waals surface area contributed by atoms with E-state index < -0.39 is 5.92 Å². The quantitative estimate of drug-likeness (QED) is 0.427. The van der Waals surface area contributed by atoms with Crippen LogP contribution in [-0.2, 0) is 14.4 Å². The van der Waals surface area contributed by atoms with Crippen LogP contribution in [0.2, 0.25) is 0 Å². The second-order valence-electron chi connectivity index (χ2n) is 6.06. The number of hydrogen-bond acceptors (Lipinski definition) is 4. The molecule has 3 nitrogen and oxygen atoms in total. The van der Waals surface area contributed by atoms with Gasteiger partial charge in [-0.1, -0.05) is 32.4 Å². The first-order chi connectivity index (χ1) is 11.1. The molecule has 0 unspecified atom stereocenters. The van der Waals surface area contributed by atoms with E-state index in [1.165, 1.54) is 17.7 Å². The summed E-state index contributed by atoms with van der Waals surface area (Å²) in [5, 5.41) is 0. The highest BCUT2D eigenvalue weighted by molar-refractivity contribution is 7.99. The minimum Gasteiger partial charge on any atom is -0.298 e. The maximum absolute atomic E-state index is 12.2. The van der Waals surface area contributed by atoms with E-state index in [9.17, 15) is 14.4 Å². The molecule has 0 N–H and O–H groups in total. The molecule has 23 heavy (non-hydrogen) atoms. The summed E-state index contributed by atoms with van der Waals surface area (Å²) in [5.41, 5.74) is 1.02. The lowest BCUT2D eigenvalue weighted by Gasteiger charge is -2.25. The van der Waals surface area contributed by atoms with Crippen LogP contribution in [0.1, 0.15) is 57.4 Å². The number of thioether (sulfide) groups is 1. The summed E-state index contributed by atoms with van der Waals surface area (Å²) in [6.45, 7) is 3.88. The molecule has 0 saturated heterocycles. The van der Waals surface area contributed by atoms with E-state index in [0.717, 1.165) is 11.3 Å². The molecule has 1 aromatic rings. The van der Waals surface area contributed by atoms with Crippen molar-refractivity contribution >= 4 is 29.1 Å². The van der Waals surface area contributed by atoms with Crippen molar-refractivity contribution in [3.05, 3.63) is 29.8 Å². The van der Waals surface area contributed by atoms with Gasteiger partial charge in [0.1, 0.15) is 5.92 Å². The zero-order chi connectivity index (χ0) is 16.8. The summed E-state index contributed by atoms with van der Waals surface area (Å²) in [5.74, 6) is -0.623. The highest BCUT2D eigenvalue weighted by Crippen LogP contribution is 2.33. The first-order valence-corrected chi connectivity index (χ1v) is 9.36. The van der Waals surface area contributed by atoms with Gasteiger partial charge in [-0.25, -0.2) is 0 Å². The molecule has 0 aliphatic heterocycles. The molecule has 1 aliphatic rings. The van der Waals surface area contributed by atoms with Crippen molar-refractivity contribution in [2.45, 2.75) is 56.8 Å². The van der Waals surface area contributed by atoms with Crippen LogP contribution in [0, 0.1) is 5.92 Å². The number of carbonyl (C=O) groups is 3. The molecule has 0 atom stereocenters. The zero-order valence-corrected chi connectivity index (χ0v) is 14.7. The third kappa shape index (κ3) is 4.54. The standard InChI is InChI=1S/C19H24O3S/c1-3-5-10-23-15-8-6-13(7-9-15)14-11-17(21)19(16(20)4-2)18(22)12-14/h6-9,14,19H,3-5,10-12H2,1-2H3. The molecule has 124 valence electrons. The number of rotatable bonds is 7. The van der Waals surface area contributed by atoms with Gasteiger partial charge >= 0.3 is 0 Å². The van der Waals surface area contributed by atoms with E-state index in [4.69, 9.17) is 0 Å². The lowest BCUT2D eigenvalue weighted by Crippen LogP contribution is -2.37. The highest BCUT2D eigenvalue weighted by atomic mass is 32.2. The molecular weight excluding hydrogens is 308 g/mol. The van der Waals surface area contributed by atoms with Crippen molar-refractivity contribution in [2.24, 2.45) is 5.92 Å². The van der Waals surface area contributed by atoms with E-state index in [1.54, 1.807) is 6.92 Å². The fourth-order valence-corrected chi connectivity index (χ4v) is 3.94. The van der Waals surface area contributed by atoms with Crippen molar-refractivity contribution in [3.8, 4) is 0 Å². The molecule has 0 amide bonds. The first kappa shape index (κ1) is 17.9. The Balaban J connectivity index is 2.02. The maximum Gasteiger partial charge on any atom is 0.151 e. The number of Topliss-reactive ketones (excluding diaryl/α,β-unsaturated/α-hetero) is 3. The molecule has 0 aromatic heterocycles. The number of unbranched alkanes of at least 4 members (excludes halogenated alkanes) is 1. The number of hydrogen-bond donors (Lipinski definition) is 0. The van der Waals surface area contributed by atoms with E-state index in [1.807, 2.05) is 23.9 Å². The van der Waals surface area contributed by atoms with Gasteiger partial charge < -0.3 is 0 Å². The molecule has 1 saturated carbocycles. The first-order valence-electron chi connectivity index (χ1n) is 8.37. The second-order valence-corrected chi connectivity index (χ2v) is 7.23. The predicted octanol–water partition coefficient (Wildman–Crippen LogP) is 4.19. The molecule has 0 radical (unpaired) electrons. The Morgan fingerprint density at radius 2 is 1.70 bits per heavy atom. The highest BCUT2D eigenvalue weighted by Gasteiger charge is 2.39. The summed E-state index contributed by atoms with van der Waals surface area (Å²) < 4.78 is 0. The van der Waals surface area contributed by atoms with Crippen LogP contribution in [0.25, 0.3) is 0 Å². The van der Waals surface area contributed by atoms with E-state index in [2.05, 4.69) is 19.1 Å². The molecule has 1 aromatic carbocycles. The van der Waals surface area contributed by atoms with Crippen LogP contribution < -0.4 is 0 Å². The van der Waals surface area contributed by atoms with Crippen LogP contribution in [0.4, 0.5) is 0 Å². The van der Waals surface area contributed by atoms with Crippen molar-refractivity contribution in [1.29, 1.82) is 0 Å². The van der Waals surface area contributed by atoms with Crippen molar-refractivity contribution in [1.82, 2.24) is 0 Å². The minimum atomic E-state index is -1.000. The number of carbonyl (C=O) groups excluding carboxylic acids is 3. The lowest BCUT2D eigenvalue weighted by molar-refractivity contribution is -0.142. The normalized spacial score (nSPS) is 21.5. The van der Waals surface area contributed by atoms with Gasteiger partial charge in [-0.3, -0.25) is 14.4 Å². The molecule has 0 spiro atoms. The van der Waals surface area contributed by atoms with Crippen molar-refractivity contribution in [2.75, 3.05) is 5.75 Å². The van der Waals surface area contributed by atoms with Crippen LogP contribution >= 0.6 is 11.8 Å². The Morgan fingerprint density at radius 3 is 2.22 bits per heavy atom. The van der Waals surface area contributed by atoms with Crippen LogP contribution in [0.3, 0.4) is 0 Å². The maximum atomic E-state index is 12.2. The van der Waals surface area contributed by atoms with Gasteiger partial charge in [0.2, 0.25) is 0 Å². The zero-order valence-electron chi connectivity index (χ0n) is 13.8. The summed E-state index contributed by atoms with van der Waals surface area (Å²) in [6.07, 6.45) is 3.23. The third-order valence-electron chi connectivity index (χ3n) is 4.33. The molecule has 1 aliphatic carbocycles. The average Bonchev–Trinajstić information content (AvgIpc) is 2.54. The fourth-order valence-electron chi connectivity index (χ4n) is 2.94. The fraction of sp³-hybridized carbons (Fsp3) is 0.526. The Labute approximate surface area is 142 Å². The molecule has 4 heteroatoms. The molecule has 1 fully saturated rings. The summed E-state index contributed by atoms with van der Waals surface area (Å²) in [4.78, 5) is 37.3. The van der Waals surface area contributed by atoms with Gasteiger partial charge in [0.05, 0.1) is 0 Å². The Bertz CT molecular complexity index is 559. The van der Waals surface area contributed by atoms with E-state index >= 15 is 0 Å². The predicted molar refractivity (Wildman–Crippen MR) is 92.9 cm³/mol. The smallest absolute Gasteiger partial charge is 0.151 e. The third-order valence-corrected chi connectivity index (χ3v) is 5.43. The van der Waals surface area contributed by atoms with E-state index in [-0.39, 0.29) is 29.7 Å². The lowest BCUT2D eigenvalue weighted by atomic mass is 9.75. The number of benzene rings is 1. The average molecular weight is 332 g/mol. The summed E-state index contributed by atoms with van der Waals surface area (Å²) in [7, 11) is 0. The van der Waals surface area contributed by atoms with Gasteiger partial charge in [-0.2, -0.15) is 0 Å². The molecule has 2 rings (SSSR count). The van der Waals surface area contributed by atoms with Crippen molar-refractivity contribution < 1.29 is 14.4 Å². The van der Waals surface area contributed by atoms with Gasteiger partial charge in [0.25, 0.3) is 0 Å². The van der Waals surface area contributed by atoms with Gasteiger partial charge in [-0.15, -0.1) is 11.8 Å². The van der Waals surface area contributed by atoms with Crippen LogP contribution in [0.15, 0.2) is 29.2 Å². The summed E-state index contributed by atoms with van der Waals surface area (Å²) in [6, 6.07) is 8.16. The van der Waals surface area contributed by atoms with Crippen molar-refractivity contribution in [3.63, 3.8) is 0 Å². The molecule has 0 bridgehead atoms. The SMILES string of the molecule is CCCCSc1ccc(C2CC(=O)C(C(=O)CC)C(=O)C2)cc1. The molecule has 0 heterocycles. The Kier molecular flexibility index (Phi) is 6.58. The van der Waals surface area contributed by atoms with Gasteiger partial charge in [-0.05, 0) is 35.8 Å². The van der Waals surface area contributed by atoms with Gasteiger partial charge in [0, 0.05) is 24.2 Å². The molecular formula is C19H24O3S. The Hall–Kier alpha value is -1.42. The Morgan fingerprint density at radius 1 is 1.09 bits per heavy atom. The second kappa shape index (κ2) is 8.44.